The van der Waals surface area contributed by atoms with Crippen LogP contribution in [0.5, 0.6) is 5.75 Å². The highest BCUT2D eigenvalue weighted by Gasteiger charge is 2.35. The molecule has 0 saturated carbocycles. The summed E-state index contributed by atoms with van der Waals surface area (Å²) in [5, 5.41) is 20.0. The van der Waals surface area contributed by atoms with Crippen molar-refractivity contribution < 1.29 is 24.4 Å². The van der Waals surface area contributed by atoms with Crippen molar-refractivity contribution >= 4 is 17.6 Å². The van der Waals surface area contributed by atoms with Crippen LogP contribution in [-0.2, 0) is 4.79 Å². The lowest BCUT2D eigenvalue weighted by molar-refractivity contribution is -0.385. The van der Waals surface area contributed by atoms with Crippen molar-refractivity contribution in [3.8, 4) is 5.75 Å². The predicted molar refractivity (Wildman–Crippen MR) is 71.3 cm³/mol. The number of hydrogen-bond acceptors (Lipinski definition) is 5. The molecule has 0 bridgehead atoms. The fourth-order valence-corrected chi connectivity index (χ4v) is 2.40. The monoisotopic (exact) mass is 294 g/mol. The number of rotatable bonds is 4. The Kier molecular flexibility index (Phi) is 4.06. The summed E-state index contributed by atoms with van der Waals surface area (Å²) in [6.45, 7) is 0.329. The number of carbonyl (C=O) groups excluding carboxylic acids is 1. The second-order valence-corrected chi connectivity index (χ2v) is 4.64. The molecule has 1 N–H and O–H groups in total. The number of ether oxygens (including phenoxy) is 1. The summed E-state index contributed by atoms with van der Waals surface area (Å²) in [6, 6.07) is 2.96. The molecule has 2 rings (SSSR count). The molecule has 8 heteroatoms. The van der Waals surface area contributed by atoms with Gasteiger partial charge in [0, 0.05) is 18.2 Å². The number of amides is 1. The van der Waals surface area contributed by atoms with Gasteiger partial charge in [-0.05, 0) is 25.0 Å². The van der Waals surface area contributed by atoms with Gasteiger partial charge in [0.2, 0.25) is 0 Å². The number of aliphatic carboxylic acids is 1. The zero-order valence-electron chi connectivity index (χ0n) is 11.3. The van der Waals surface area contributed by atoms with E-state index in [1.54, 1.807) is 0 Å². The first kappa shape index (κ1) is 14.8. The predicted octanol–water partition coefficient (Wildman–Crippen LogP) is 1.29. The van der Waals surface area contributed by atoms with Gasteiger partial charge in [-0.2, -0.15) is 0 Å². The van der Waals surface area contributed by atoms with Gasteiger partial charge in [0.05, 0.1) is 12.0 Å². The average molecular weight is 294 g/mol. The van der Waals surface area contributed by atoms with Crippen molar-refractivity contribution in [2.45, 2.75) is 18.9 Å². The van der Waals surface area contributed by atoms with Crippen molar-refractivity contribution in [3.63, 3.8) is 0 Å². The van der Waals surface area contributed by atoms with E-state index in [0.29, 0.717) is 19.4 Å². The third-order valence-electron chi connectivity index (χ3n) is 3.42. The van der Waals surface area contributed by atoms with Crippen molar-refractivity contribution in [1.29, 1.82) is 0 Å². The lowest BCUT2D eigenvalue weighted by atomic mass is 10.1. The molecule has 1 fully saturated rings. The number of hydrogen-bond donors (Lipinski definition) is 1. The Morgan fingerprint density at radius 1 is 1.48 bits per heavy atom. The summed E-state index contributed by atoms with van der Waals surface area (Å²) in [7, 11) is 1.30. The van der Waals surface area contributed by atoms with E-state index >= 15 is 0 Å². The number of methoxy groups -OCH3 is 1. The van der Waals surface area contributed by atoms with Crippen LogP contribution in [-0.4, -0.2) is 46.5 Å². The van der Waals surface area contributed by atoms with Crippen molar-refractivity contribution in [2.24, 2.45) is 0 Å². The van der Waals surface area contributed by atoms with Crippen LogP contribution >= 0.6 is 0 Å². The molecule has 1 heterocycles. The zero-order valence-corrected chi connectivity index (χ0v) is 11.3. The topological polar surface area (TPSA) is 110 Å². The molecule has 1 saturated heterocycles. The molecule has 0 spiro atoms. The van der Waals surface area contributed by atoms with E-state index in [1.165, 1.54) is 24.1 Å². The third kappa shape index (κ3) is 2.78. The first-order valence-electron chi connectivity index (χ1n) is 6.32. The largest absolute Gasteiger partial charge is 0.490 e. The van der Waals surface area contributed by atoms with Gasteiger partial charge >= 0.3 is 11.7 Å². The number of nitrogens with zero attached hydrogens (tertiary/aromatic N) is 2. The number of carboxylic acids is 1. The van der Waals surface area contributed by atoms with Gasteiger partial charge in [0.15, 0.2) is 5.75 Å². The Labute approximate surface area is 120 Å². The van der Waals surface area contributed by atoms with Crippen LogP contribution < -0.4 is 4.74 Å². The number of likely N-dealkylation sites (tertiary alicyclic amines) is 1. The normalized spacial score (nSPS) is 17.6. The maximum Gasteiger partial charge on any atom is 0.326 e. The summed E-state index contributed by atoms with van der Waals surface area (Å²) in [4.78, 5) is 35.0. The summed E-state index contributed by atoms with van der Waals surface area (Å²) in [5.74, 6) is -1.54. The fourth-order valence-electron chi connectivity index (χ4n) is 2.40. The van der Waals surface area contributed by atoms with Gasteiger partial charge in [0.1, 0.15) is 6.04 Å². The molecule has 1 atom stereocenters. The minimum Gasteiger partial charge on any atom is -0.490 e. The quantitative estimate of drug-likeness (QED) is 0.662. The molecular weight excluding hydrogens is 280 g/mol. The molecule has 1 aromatic rings. The SMILES string of the molecule is COc1ccc(C(=O)N2CCC[C@H]2C(=O)O)cc1[N+](=O)[O-]. The second-order valence-electron chi connectivity index (χ2n) is 4.64. The molecule has 1 aromatic carbocycles. The maximum atomic E-state index is 12.3. The van der Waals surface area contributed by atoms with Crippen LogP contribution in [0.4, 0.5) is 5.69 Å². The summed E-state index contributed by atoms with van der Waals surface area (Å²) in [5.41, 5.74) is -0.245. The van der Waals surface area contributed by atoms with Crippen molar-refractivity contribution in [2.75, 3.05) is 13.7 Å². The lowest BCUT2D eigenvalue weighted by Crippen LogP contribution is -2.40. The first-order chi connectivity index (χ1) is 9.95. The highest BCUT2D eigenvalue weighted by atomic mass is 16.6. The Morgan fingerprint density at radius 2 is 2.19 bits per heavy atom. The molecule has 1 aliphatic rings. The highest BCUT2D eigenvalue weighted by molar-refractivity contribution is 5.97. The van der Waals surface area contributed by atoms with Gasteiger partial charge < -0.3 is 14.7 Å². The number of benzene rings is 1. The van der Waals surface area contributed by atoms with E-state index in [0.717, 1.165) is 6.07 Å². The van der Waals surface area contributed by atoms with E-state index < -0.39 is 22.8 Å². The Morgan fingerprint density at radius 3 is 2.76 bits per heavy atom. The van der Waals surface area contributed by atoms with Crippen LogP contribution in [0.2, 0.25) is 0 Å². The smallest absolute Gasteiger partial charge is 0.326 e. The van der Waals surface area contributed by atoms with Crippen LogP contribution in [0.15, 0.2) is 18.2 Å². The standard InChI is InChI=1S/C13H14N2O6/c1-21-11-5-4-8(7-10(11)15(19)20)12(16)14-6-2-3-9(14)13(17)18/h4-5,7,9H,2-3,6H2,1H3,(H,17,18)/t9-/m0/s1. The van der Waals surface area contributed by atoms with Gasteiger partial charge in [-0.3, -0.25) is 14.9 Å². The van der Waals surface area contributed by atoms with Gasteiger partial charge in [-0.25, -0.2) is 4.79 Å². The van der Waals surface area contributed by atoms with E-state index in [2.05, 4.69) is 0 Å². The fraction of sp³-hybridized carbons (Fsp3) is 0.385. The molecule has 0 unspecified atom stereocenters. The van der Waals surface area contributed by atoms with Crippen LogP contribution in [0.25, 0.3) is 0 Å². The van der Waals surface area contributed by atoms with Crippen LogP contribution in [0.3, 0.4) is 0 Å². The second kappa shape index (κ2) is 5.78. The first-order valence-corrected chi connectivity index (χ1v) is 6.32. The molecule has 21 heavy (non-hydrogen) atoms. The minimum absolute atomic E-state index is 0.0488. The van der Waals surface area contributed by atoms with E-state index in [-0.39, 0.29) is 17.0 Å². The minimum atomic E-state index is -1.07. The Hall–Kier alpha value is -2.64. The van der Waals surface area contributed by atoms with E-state index in [9.17, 15) is 19.7 Å². The van der Waals surface area contributed by atoms with Crippen molar-refractivity contribution in [1.82, 2.24) is 4.90 Å². The number of nitro groups is 1. The molecule has 8 nitrogen and oxygen atoms in total. The van der Waals surface area contributed by atoms with Gasteiger partial charge in [0.25, 0.3) is 5.91 Å². The molecule has 1 aliphatic heterocycles. The lowest BCUT2D eigenvalue weighted by Gasteiger charge is -2.21. The Balaban J connectivity index is 2.33. The number of nitro benzene ring substituents is 1. The average Bonchev–Trinajstić information content (AvgIpc) is 2.95. The molecule has 0 aliphatic carbocycles. The molecule has 0 radical (unpaired) electrons. The molecular formula is C13H14N2O6. The summed E-state index contributed by atoms with van der Waals surface area (Å²) < 4.78 is 4.87. The van der Waals surface area contributed by atoms with Crippen LogP contribution in [0, 0.1) is 10.1 Å². The highest BCUT2D eigenvalue weighted by Crippen LogP contribution is 2.29. The Bertz CT molecular complexity index is 600. The van der Waals surface area contributed by atoms with Gasteiger partial charge in [-0.15, -0.1) is 0 Å². The summed E-state index contributed by atoms with van der Waals surface area (Å²) >= 11 is 0. The van der Waals surface area contributed by atoms with Crippen LogP contribution in [0.1, 0.15) is 23.2 Å². The maximum absolute atomic E-state index is 12.3. The third-order valence-corrected chi connectivity index (χ3v) is 3.42. The molecule has 1 amide bonds. The van der Waals surface area contributed by atoms with E-state index in [1.807, 2.05) is 0 Å². The zero-order chi connectivity index (χ0) is 15.6. The number of carbonyl (C=O) groups is 2. The molecule has 0 aromatic heterocycles. The number of carboxylic acid groups (broad SMARTS) is 1. The van der Waals surface area contributed by atoms with Gasteiger partial charge in [-0.1, -0.05) is 0 Å². The van der Waals surface area contributed by atoms with E-state index in [4.69, 9.17) is 9.84 Å². The van der Waals surface area contributed by atoms with Crippen molar-refractivity contribution in [3.05, 3.63) is 33.9 Å². The summed E-state index contributed by atoms with van der Waals surface area (Å²) in [6.07, 6.45) is 0.986. The molecule has 112 valence electrons.